The lowest BCUT2D eigenvalue weighted by Gasteiger charge is -2.22. The summed E-state index contributed by atoms with van der Waals surface area (Å²) in [6.45, 7) is 1.49. The van der Waals surface area contributed by atoms with Crippen LogP contribution in [0.3, 0.4) is 0 Å². The molecule has 0 radical (unpaired) electrons. The van der Waals surface area contributed by atoms with Crippen molar-refractivity contribution < 1.29 is 10.2 Å². The lowest BCUT2D eigenvalue weighted by Crippen LogP contribution is -2.36. The number of benzene rings is 2. The van der Waals surface area contributed by atoms with E-state index in [9.17, 15) is 10.2 Å². The molecule has 2 aromatic rings. The monoisotopic (exact) mass is 346 g/mol. The van der Waals surface area contributed by atoms with E-state index in [0.717, 1.165) is 30.5 Å². The number of phenolic OH excluding ortho intramolecular Hbond substituents is 2. The van der Waals surface area contributed by atoms with Gasteiger partial charge in [0.2, 0.25) is 0 Å². The van der Waals surface area contributed by atoms with Gasteiger partial charge in [-0.15, -0.1) is 11.8 Å². The number of nitrogens with zero attached hydrogens (tertiary/aromatic N) is 1. The highest BCUT2D eigenvalue weighted by Crippen LogP contribution is 2.35. The molecular formula is C19H26N2O2S. The lowest BCUT2D eigenvalue weighted by molar-refractivity contribution is 0.255. The van der Waals surface area contributed by atoms with E-state index in [2.05, 4.69) is 23.3 Å². The quantitative estimate of drug-likeness (QED) is 0.743. The zero-order valence-corrected chi connectivity index (χ0v) is 15.1. The van der Waals surface area contributed by atoms with Crippen molar-refractivity contribution in [2.24, 2.45) is 5.73 Å². The molecule has 1 aliphatic carbocycles. The molecule has 24 heavy (non-hydrogen) atoms. The van der Waals surface area contributed by atoms with E-state index >= 15 is 0 Å². The van der Waals surface area contributed by atoms with Gasteiger partial charge in [-0.05, 0) is 55.5 Å². The van der Waals surface area contributed by atoms with Crippen molar-refractivity contribution in [1.82, 2.24) is 4.90 Å². The third kappa shape index (κ3) is 4.90. The van der Waals surface area contributed by atoms with Gasteiger partial charge < -0.3 is 20.8 Å². The molecule has 0 saturated carbocycles. The van der Waals surface area contributed by atoms with Crippen molar-refractivity contribution in [3.05, 3.63) is 53.6 Å². The van der Waals surface area contributed by atoms with E-state index in [-0.39, 0.29) is 11.5 Å². The Kier molecular flexibility index (Phi) is 6.97. The number of hydrogen-bond donors (Lipinski definition) is 3. The van der Waals surface area contributed by atoms with E-state index in [4.69, 9.17) is 5.73 Å². The van der Waals surface area contributed by atoms with E-state index in [1.54, 1.807) is 17.8 Å². The first kappa shape index (κ1) is 18.6. The Morgan fingerprint density at radius 3 is 2.46 bits per heavy atom. The summed E-state index contributed by atoms with van der Waals surface area (Å²) in [4.78, 5) is 3.53. The Hall–Kier alpha value is -1.69. The van der Waals surface area contributed by atoms with Gasteiger partial charge in [0.05, 0.1) is 0 Å². The fourth-order valence-electron chi connectivity index (χ4n) is 2.93. The highest BCUT2D eigenvalue weighted by molar-refractivity contribution is 7.98. The number of hydrogen-bond acceptors (Lipinski definition) is 5. The van der Waals surface area contributed by atoms with Gasteiger partial charge in [0.25, 0.3) is 0 Å². The molecule has 1 atom stereocenters. The molecule has 4 N–H and O–H groups in total. The van der Waals surface area contributed by atoms with Crippen LogP contribution in [0.4, 0.5) is 0 Å². The second kappa shape index (κ2) is 8.97. The van der Waals surface area contributed by atoms with Crippen molar-refractivity contribution in [2.75, 3.05) is 26.4 Å². The molecule has 130 valence electrons. The Morgan fingerprint density at radius 2 is 1.88 bits per heavy atom. The van der Waals surface area contributed by atoms with E-state index in [1.165, 1.54) is 11.0 Å². The van der Waals surface area contributed by atoms with Gasteiger partial charge in [0.1, 0.15) is 11.5 Å². The van der Waals surface area contributed by atoms with Gasteiger partial charge in [-0.1, -0.05) is 18.2 Å². The Bertz CT molecular complexity index is 649. The van der Waals surface area contributed by atoms with Crippen molar-refractivity contribution >= 4 is 11.8 Å². The second-order valence-electron chi connectivity index (χ2n) is 5.95. The maximum atomic E-state index is 9.74. The molecule has 1 aliphatic rings. The average molecular weight is 346 g/mol. The number of rotatable bonds is 4. The van der Waals surface area contributed by atoms with Crippen LogP contribution in [0, 0.1) is 0 Å². The molecule has 0 aliphatic heterocycles. The average Bonchev–Trinajstić information content (AvgIpc) is 3.01. The van der Waals surface area contributed by atoms with E-state index < -0.39 is 0 Å². The number of fused-ring (bicyclic) bond motifs is 1. The Morgan fingerprint density at radius 1 is 1.17 bits per heavy atom. The highest BCUT2D eigenvalue weighted by atomic mass is 32.2. The number of aromatic hydroxyl groups is 2. The molecule has 3 rings (SSSR count). The highest BCUT2D eigenvalue weighted by Gasteiger charge is 2.27. The molecule has 0 heterocycles. The number of likely N-dealkylation sites (N-methyl/N-ethyl adjacent to an activating group) is 1. The molecule has 5 heteroatoms. The minimum Gasteiger partial charge on any atom is -0.508 e. The molecule has 0 fully saturated rings. The van der Waals surface area contributed by atoms with Gasteiger partial charge in [-0.25, -0.2) is 0 Å². The Balaban J connectivity index is 0.000000219. The molecular weight excluding hydrogens is 320 g/mol. The zero-order chi connectivity index (χ0) is 17.5. The normalized spacial score (nSPS) is 15.8. The van der Waals surface area contributed by atoms with Gasteiger partial charge in [0, 0.05) is 30.1 Å². The topological polar surface area (TPSA) is 69.7 Å². The minimum absolute atomic E-state index is 0.137. The molecule has 0 spiro atoms. The van der Waals surface area contributed by atoms with Gasteiger partial charge in [0.15, 0.2) is 0 Å². The van der Waals surface area contributed by atoms with Gasteiger partial charge in [-0.2, -0.15) is 0 Å². The summed E-state index contributed by atoms with van der Waals surface area (Å²) < 4.78 is 0. The maximum Gasteiger partial charge on any atom is 0.122 e. The zero-order valence-electron chi connectivity index (χ0n) is 14.3. The summed E-state index contributed by atoms with van der Waals surface area (Å²) in [7, 11) is 2.04. The lowest BCUT2D eigenvalue weighted by atomic mass is 10.1. The molecule has 0 amide bonds. The molecule has 1 unspecified atom stereocenters. The summed E-state index contributed by atoms with van der Waals surface area (Å²) in [5.41, 5.74) is 7.54. The van der Waals surface area contributed by atoms with Gasteiger partial charge >= 0.3 is 0 Å². The first-order valence-electron chi connectivity index (χ1n) is 8.08. The van der Waals surface area contributed by atoms with Crippen LogP contribution in [-0.2, 0) is 12.8 Å². The number of thioether (sulfide) groups is 1. The summed E-state index contributed by atoms with van der Waals surface area (Å²) >= 11 is 1.77. The van der Waals surface area contributed by atoms with Crippen molar-refractivity contribution in [3.63, 3.8) is 0 Å². The van der Waals surface area contributed by atoms with Crippen molar-refractivity contribution in [3.8, 4) is 11.5 Å². The first-order valence-corrected chi connectivity index (χ1v) is 9.30. The predicted molar refractivity (Wildman–Crippen MR) is 101 cm³/mol. The van der Waals surface area contributed by atoms with Crippen LogP contribution in [-0.4, -0.2) is 47.5 Å². The minimum atomic E-state index is 0.137. The van der Waals surface area contributed by atoms with Crippen LogP contribution in [0.25, 0.3) is 0 Å². The Labute approximate surface area is 148 Å². The summed E-state index contributed by atoms with van der Waals surface area (Å²) in [6.07, 6.45) is 3.78. The summed E-state index contributed by atoms with van der Waals surface area (Å²) in [6, 6.07) is 13.9. The van der Waals surface area contributed by atoms with E-state index in [1.807, 2.05) is 25.2 Å². The third-order valence-corrected chi connectivity index (χ3v) is 5.03. The molecule has 0 aromatic heterocycles. The van der Waals surface area contributed by atoms with E-state index in [0.29, 0.717) is 12.6 Å². The smallest absolute Gasteiger partial charge is 0.122 e. The molecule has 4 nitrogen and oxygen atoms in total. The number of phenols is 2. The van der Waals surface area contributed by atoms with Crippen molar-refractivity contribution in [2.45, 2.75) is 23.8 Å². The molecule has 0 bridgehead atoms. The standard InChI is InChI=1S/C12H18N2O2.C7H8S/c1-14(3-2-13)9-4-8-5-10(15)7-12(16)11(8)6-9;1-8-7-5-3-2-4-6-7/h5,7,9,15-16H,2-4,6,13H2,1H3;2-6H,1H3. The van der Waals surface area contributed by atoms with Crippen molar-refractivity contribution in [1.29, 1.82) is 0 Å². The first-order chi connectivity index (χ1) is 11.5. The maximum absolute atomic E-state index is 9.74. The second-order valence-corrected chi connectivity index (χ2v) is 6.83. The van der Waals surface area contributed by atoms with Crippen LogP contribution in [0.1, 0.15) is 11.1 Å². The van der Waals surface area contributed by atoms with Crippen LogP contribution in [0.2, 0.25) is 0 Å². The van der Waals surface area contributed by atoms with Crippen LogP contribution in [0.5, 0.6) is 11.5 Å². The number of nitrogens with two attached hydrogens (primary N) is 1. The van der Waals surface area contributed by atoms with Crippen LogP contribution >= 0.6 is 11.8 Å². The summed E-state index contributed by atoms with van der Waals surface area (Å²) in [5.74, 6) is 0.344. The fraction of sp³-hybridized carbons (Fsp3) is 0.368. The predicted octanol–water partition coefficient (Wildman–Crippen LogP) is 2.86. The summed E-state index contributed by atoms with van der Waals surface area (Å²) in [5, 5.41) is 19.2. The molecule has 2 aromatic carbocycles. The molecule has 0 saturated heterocycles. The van der Waals surface area contributed by atoms with Crippen LogP contribution in [0.15, 0.2) is 47.4 Å². The van der Waals surface area contributed by atoms with Gasteiger partial charge in [-0.3, -0.25) is 0 Å². The third-order valence-electron chi connectivity index (χ3n) is 4.28. The largest absolute Gasteiger partial charge is 0.508 e. The van der Waals surface area contributed by atoms with Crippen LogP contribution < -0.4 is 5.73 Å². The fourth-order valence-corrected chi connectivity index (χ4v) is 3.36. The SMILES string of the molecule is CN(CCN)C1Cc2cc(O)cc(O)c2C1.CSc1ccccc1.